The van der Waals surface area contributed by atoms with Crippen molar-refractivity contribution < 1.29 is 9.53 Å². The average molecular weight is 436 g/mol. The van der Waals surface area contributed by atoms with E-state index in [-0.39, 0.29) is 6.03 Å². The van der Waals surface area contributed by atoms with Crippen molar-refractivity contribution in [1.82, 2.24) is 9.78 Å². The first-order valence-electron chi connectivity index (χ1n) is 7.67. The van der Waals surface area contributed by atoms with Crippen LogP contribution in [-0.4, -0.2) is 22.9 Å². The minimum atomic E-state index is -0.365. The number of aryl methyl sites for hydroxylation is 1. The Hall–Kier alpha value is -2.51. The summed E-state index contributed by atoms with van der Waals surface area (Å²) in [7, 11) is 3.38. The molecule has 0 unspecified atom stereocenters. The predicted octanol–water partition coefficient (Wildman–Crippen LogP) is 5.16. The summed E-state index contributed by atoms with van der Waals surface area (Å²) in [6.07, 6.45) is 1.73. The maximum absolute atomic E-state index is 12.3. The first-order chi connectivity index (χ1) is 12.5. The summed E-state index contributed by atoms with van der Waals surface area (Å²) >= 11 is 9.48. The molecule has 2 N–H and O–H groups in total. The second kappa shape index (κ2) is 7.80. The molecule has 0 bridgehead atoms. The van der Waals surface area contributed by atoms with E-state index < -0.39 is 0 Å². The van der Waals surface area contributed by atoms with Crippen molar-refractivity contribution in [2.45, 2.75) is 0 Å². The van der Waals surface area contributed by atoms with Crippen LogP contribution in [0, 0.1) is 0 Å². The molecule has 0 spiro atoms. The molecule has 134 valence electrons. The van der Waals surface area contributed by atoms with Crippen molar-refractivity contribution in [3.63, 3.8) is 0 Å². The SMILES string of the molecule is COc1cc(NC(=O)Nc2cccc(-c3c(Br)cnn3C)c2)ccc1Cl. The smallest absolute Gasteiger partial charge is 0.323 e. The fourth-order valence-electron chi connectivity index (χ4n) is 2.51. The number of halogens is 2. The van der Waals surface area contributed by atoms with Gasteiger partial charge in [0.05, 0.1) is 28.5 Å². The Labute approximate surface area is 164 Å². The van der Waals surface area contributed by atoms with E-state index in [9.17, 15) is 4.79 Å². The molecular weight excluding hydrogens is 420 g/mol. The summed E-state index contributed by atoms with van der Waals surface area (Å²) in [5, 5.41) is 10.3. The Morgan fingerprint density at radius 3 is 2.58 bits per heavy atom. The van der Waals surface area contributed by atoms with Gasteiger partial charge in [0.2, 0.25) is 0 Å². The van der Waals surface area contributed by atoms with Gasteiger partial charge in [-0.3, -0.25) is 4.68 Å². The number of urea groups is 1. The van der Waals surface area contributed by atoms with Crippen LogP contribution in [0.25, 0.3) is 11.3 Å². The molecule has 2 aromatic carbocycles. The van der Waals surface area contributed by atoms with Crippen LogP contribution >= 0.6 is 27.5 Å². The van der Waals surface area contributed by atoms with E-state index in [0.29, 0.717) is 22.1 Å². The van der Waals surface area contributed by atoms with Gasteiger partial charge < -0.3 is 15.4 Å². The van der Waals surface area contributed by atoms with Crippen molar-refractivity contribution in [3.8, 4) is 17.0 Å². The number of nitrogens with one attached hydrogen (secondary N) is 2. The maximum atomic E-state index is 12.3. The third kappa shape index (κ3) is 4.00. The Morgan fingerprint density at radius 1 is 1.19 bits per heavy atom. The standard InChI is InChI=1S/C18H16BrClN4O2/c1-24-17(14(19)10-21-24)11-4-3-5-12(8-11)22-18(25)23-13-6-7-15(20)16(9-13)26-2/h3-10H,1-2H3,(H2,22,23,25). The van der Waals surface area contributed by atoms with E-state index in [0.717, 1.165) is 15.7 Å². The highest BCUT2D eigenvalue weighted by atomic mass is 79.9. The molecule has 1 aromatic heterocycles. The molecular formula is C18H16BrClN4O2. The lowest BCUT2D eigenvalue weighted by Gasteiger charge is -2.11. The predicted molar refractivity (Wildman–Crippen MR) is 107 cm³/mol. The summed E-state index contributed by atoms with van der Waals surface area (Å²) < 4.78 is 7.80. The Balaban J connectivity index is 1.75. The van der Waals surface area contributed by atoms with E-state index in [1.807, 2.05) is 31.3 Å². The van der Waals surface area contributed by atoms with Gasteiger partial charge >= 0.3 is 6.03 Å². The first kappa shape index (κ1) is 18.3. The van der Waals surface area contributed by atoms with Crippen molar-refractivity contribution in [2.24, 2.45) is 7.05 Å². The summed E-state index contributed by atoms with van der Waals surface area (Å²) in [5.74, 6) is 0.493. The zero-order valence-electron chi connectivity index (χ0n) is 14.1. The number of carbonyl (C=O) groups excluding carboxylic acids is 1. The van der Waals surface area contributed by atoms with Gasteiger partial charge in [0.25, 0.3) is 0 Å². The van der Waals surface area contributed by atoms with Crippen LogP contribution in [0.2, 0.25) is 5.02 Å². The van der Waals surface area contributed by atoms with Crippen molar-refractivity contribution in [1.29, 1.82) is 0 Å². The summed E-state index contributed by atoms with van der Waals surface area (Å²) in [4.78, 5) is 12.3. The molecule has 6 nitrogen and oxygen atoms in total. The van der Waals surface area contributed by atoms with E-state index in [4.69, 9.17) is 16.3 Å². The third-order valence-electron chi connectivity index (χ3n) is 3.70. The van der Waals surface area contributed by atoms with Gasteiger partial charge in [-0.2, -0.15) is 5.10 Å². The highest BCUT2D eigenvalue weighted by Crippen LogP contribution is 2.30. The molecule has 2 amide bonds. The summed E-state index contributed by atoms with van der Waals surface area (Å²) in [6.45, 7) is 0. The number of methoxy groups -OCH3 is 1. The first-order valence-corrected chi connectivity index (χ1v) is 8.84. The number of hydrogen-bond donors (Lipinski definition) is 2. The maximum Gasteiger partial charge on any atom is 0.323 e. The molecule has 8 heteroatoms. The zero-order chi connectivity index (χ0) is 18.7. The van der Waals surface area contributed by atoms with Crippen molar-refractivity contribution >= 4 is 44.9 Å². The van der Waals surface area contributed by atoms with Gasteiger partial charge in [-0.1, -0.05) is 23.7 Å². The molecule has 0 saturated heterocycles. The Kier molecular flexibility index (Phi) is 5.49. The van der Waals surface area contributed by atoms with Crippen molar-refractivity contribution in [3.05, 3.63) is 58.2 Å². The topological polar surface area (TPSA) is 68.2 Å². The van der Waals surface area contributed by atoms with E-state index in [1.165, 1.54) is 7.11 Å². The number of aromatic nitrogens is 2. The molecule has 0 saturated carbocycles. The van der Waals surface area contributed by atoms with Gasteiger partial charge in [-0.05, 0) is 40.2 Å². The average Bonchev–Trinajstić information content (AvgIpc) is 2.95. The molecule has 26 heavy (non-hydrogen) atoms. The van der Waals surface area contributed by atoms with E-state index >= 15 is 0 Å². The van der Waals surface area contributed by atoms with Gasteiger partial charge in [0, 0.05) is 30.1 Å². The van der Waals surface area contributed by atoms with E-state index in [2.05, 4.69) is 31.7 Å². The molecule has 0 radical (unpaired) electrons. The molecule has 0 atom stereocenters. The molecule has 1 heterocycles. The van der Waals surface area contributed by atoms with Crippen LogP contribution in [-0.2, 0) is 7.05 Å². The zero-order valence-corrected chi connectivity index (χ0v) is 16.4. The van der Waals surface area contributed by atoms with Crippen LogP contribution < -0.4 is 15.4 Å². The van der Waals surface area contributed by atoms with Gasteiger partial charge in [0.15, 0.2) is 0 Å². The minimum Gasteiger partial charge on any atom is -0.495 e. The lowest BCUT2D eigenvalue weighted by Crippen LogP contribution is -2.19. The second-order valence-electron chi connectivity index (χ2n) is 5.47. The summed E-state index contributed by atoms with van der Waals surface area (Å²) in [5.41, 5.74) is 3.10. The van der Waals surface area contributed by atoms with Crippen LogP contribution in [0.5, 0.6) is 5.75 Å². The van der Waals surface area contributed by atoms with Gasteiger partial charge in [0.1, 0.15) is 5.75 Å². The van der Waals surface area contributed by atoms with E-state index in [1.54, 1.807) is 29.1 Å². The highest BCUT2D eigenvalue weighted by molar-refractivity contribution is 9.10. The molecule has 3 rings (SSSR count). The number of carbonyl (C=O) groups is 1. The number of hydrogen-bond acceptors (Lipinski definition) is 3. The molecule has 3 aromatic rings. The lowest BCUT2D eigenvalue weighted by atomic mass is 10.1. The number of amides is 2. The number of nitrogens with zero attached hydrogens (tertiary/aromatic N) is 2. The van der Waals surface area contributed by atoms with Crippen molar-refractivity contribution in [2.75, 3.05) is 17.7 Å². The van der Waals surface area contributed by atoms with Crippen LogP contribution in [0.3, 0.4) is 0 Å². The Bertz CT molecular complexity index is 939. The molecule has 0 fully saturated rings. The molecule has 0 aliphatic rings. The summed E-state index contributed by atoms with van der Waals surface area (Å²) in [6, 6.07) is 12.2. The molecule has 0 aliphatic carbocycles. The monoisotopic (exact) mass is 434 g/mol. The number of benzene rings is 2. The normalized spacial score (nSPS) is 10.5. The largest absolute Gasteiger partial charge is 0.495 e. The fourth-order valence-corrected chi connectivity index (χ4v) is 3.28. The van der Waals surface area contributed by atoms with Gasteiger partial charge in [-0.25, -0.2) is 4.79 Å². The quantitative estimate of drug-likeness (QED) is 0.595. The number of ether oxygens (including phenoxy) is 1. The lowest BCUT2D eigenvalue weighted by molar-refractivity contribution is 0.262. The second-order valence-corrected chi connectivity index (χ2v) is 6.74. The van der Waals surface area contributed by atoms with Crippen LogP contribution in [0.15, 0.2) is 53.1 Å². The van der Waals surface area contributed by atoms with Crippen LogP contribution in [0.4, 0.5) is 16.2 Å². The number of rotatable bonds is 4. The number of anilines is 2. The highest BCUT2D eigenvalue weighted by Gasteiger charge is 2.11. The van der Waals surface area contributed by atoms with Gasteiger partial charge in [-0.15, -0.1) is 0 Å². The Morgan fingerprint density at radius 2 is 1.92 bits per heavy atom. The van der Waals surface area contributed by atoms with Crippen LogP contribution in [0.1, 0.15) is 0 Å². The molecule has 0 aliphatic heterocycles. The fraction of sp³-hybridized carbons (Fsp3) is 0.111. The third-order valence-corrected chi connectivity index (χ3v) is 4.59. The minimum absolute atomic E-state index is 0.365.